The average Bonchev–Trinajstić information content (AvgIpc) is 2.63. The van der Waals surface area contributed by atoms with E-state index in [1.807, 2.05) is 66.3 Å². The van der Waals surface area contributed by atoms with Crippen LogP contribution < -0.4 is 4.57 Å². The summed E-state index contributed by atoms with van der Waals surface area (Å²) < 4.78 is 12.3. The molecule has 0 fully saturated rings. The van der Waals surface area contributed by atoms with Crippen LogP contribution in [-0.4, -0.2) is 25.2 Å². The van der Waals surface area contributed by atoms with Gasteiger partial charge >= 0.3 is 11.9 Å². The molecule has 0 radical (unpaired) electrons. The Kier molecular flexibility index (Phi) is 7.33. The monoisotopic (exact) mass is 356 g/mol. The van der Waals surface area contributed by atoms with E-state index < -0.39 is 17.9 Å². The van der Waals surface area contributed by atoms with Gasteiger partial charge in [-0.2, -0.15) is 0 Å². The van der Waals surface area contributed by atoms with Crippen molar-refractivity contribution < 1.29 is 23.6 Å². The molecule has 2 rings (SSSR count). The third-order valence-electron chi connectivity index (χ3n) is 4.17. The van der Waals surface area contributed by atoms with E-state index in [1.54, 1.807) is 13.8 Å². The fourth-order valence-corrected chi connectivity index (χ4v) is 2.89. The zero-order valence-electron chi connectivity index (χ0n) is 15.6. The van der Waals surface area contributed by atoms with E-state index in [0.717, 1.165) is 11.1 Å². The van der Waals surface area contributed by atoms with Crippen molar-refractivity contribution >= 4 is 11.9 Å². The van der Waals surface area contributed by atoms with Crippen molar-refractivity contribution in [2.75, 3.05) is 13.2 Å². The summed E-state index contributed by atoms with van der Waals surface area (Å²) in [5.74, 6) is -2.49. The van der Waals surface area contributed by atoms with Gasteiger partial charge in [-0.15, -0.1) is 0 Å². The molecule has 2 aromatic rings. The van der Waals surface area contributed by atoms with Gasteiger partial charge in [0.15, 0.2) is 24.9 Å². The number of benzene rings is 1. The van der Waals surface area contributed by atoms with Crippen LogP contribution in [0.15, 0.2) is 54.9 Å². The van der Waals surface area contributed by atoms with Crippen molar-refractivity contribution in [2.45, 2.75) is 33.2 Å². The van der Waals surface area contributed by atoms with Crippen molar-refractivity contribution in [1.82, 2.24) is 0 Å². The SMILES string of the molecule is CCOC(=O)C(C(=O)OCC)C(C[n+]1ccccc1)c1ccc(C)cc1. The average molecular weight is 356 g/mol. The molecule has 1 unspecified atom stereocenters. The molecule has 138 valence electrons. The predicted molar refractivity (Wildman–Crippen MR) is 97.3 cm³/mol. The highest BCUT2D eigenvalue weighted by molar-refractivity contribution is 5.96. The molecule has 0 saturated carbocycles. The number of hydrogen-bond donors (Lipinski definition) is 0. The minimum atomic E-state index is -1.01. The van der Waals surface area contributed by atoms with Crippen molar-refractivity contribution in [2.24, 2.45) is 5.92 Å². The third-order valence-corrected chi connectivity index (χ3v) is 4.17. The van der Waals surface area contributed by atoms with Crippen molar-refractivity contribution in [3.05, 3.63) is 66.0 Å². The van der Waals surface area contributed by atoms with E-state index in [9.17, 15) is 9.59 Å². The molecule has 0 bridgehead atoms. The Morgan fingerprint density at radius 3 is 1.96 bits per heavy atom. The van der Waals surface area contributed by atoms with Crippen LogP contribution in [0.1, 0.15) is 30.9 Å². The van der Waals surface area contributed by atoms with Gasteiger partial charge in [0.2, 0.25) is 0 Å². The van der Waals surface area contributed by atoms with E-state index in [-0.39, 0.29) is 19.1 Å². The van der Waals surface area contributed by atoms with Crippen molar-refractivity contribution in [3.63, 3.8) is 0 Å². The molecule has 1 atom stereocenters. The van der Waals surface area contributed by atoms with Gasteiger partial charge in [0.1, 0.15) is 0 Å². The van der Waals surface area contributed by atoms with Crippen molar-refractivity contribution in [1.29, 1.82) is 0 Å². The molecule has 1 heterocycles. The number of aromatic nitrogens is 1. The van der Waals surface area contributed by atoms with Crippen LogP contribution in [0.3, 0.4) is 0 Å². The summed E-state index contributed by atoms with van der Waals surface area (Å²) in [6.07, 6.45) is 3.82. The van der Waals surface area contributed by atoms with Gasteiger partial charge in [0.25, 0.3) is 0 Å². The smallest absolute Gasteiger partial charge is 0.321 e. The molecular weight excluding hydrogens is 330 g/mol. The molecular formula is C21H26NO4+. The molecule has 0 N–H and O–H groups in total. The number of aryl methyl sites for hydroxylation is 1. The Hall–Kier alpha value is -2.69. The number of pyridine rings is 1. The molecule has 0 aliphatic heterocycles. The van der Waals surface area contributed by atoms with Gasteiger partial charge in [-0.3, -0.25) is 9.59 Å². The fourth-order valence-electron chi connectivity index (χ4n) is 2.89. The Morgan fingerprint density at radius 2 is 1.46 bits per heavy atom. The van der Waals surface area contributed by atoms with Crippen molar-refractivity contribution in [3.8, 4) is 0 Å². The summed E-state index contributed by atoms with van der Waals surface area (Å²) in [5.41, 5.74) is 2.02. The lowest BCUT2D eigenvalue weighted by molar-refractivity contribution is -0.700. The fraction of sp³-hybridized carbons (Fsp3) is 0.381. The van der Waals surface area contributed by atoms with Gasteiger partial charge in [0, 0.05) is 12.1 Å². The van der Waals surface area contributed by atoms with Crippen LogP contribution in [0.2, 0.25) is 0 Å². The molecule has 1 aromatic heterocycles. The predicted octanol–water partition coefficient (Wildman–Crippen LogP) is 2.81. The zero-order chi connectivity index (χ0) is 18.9. The van der Waals surface area contributed by atoms with Gasteiger partial charge < -0.3 is 9.47 Å². The molecule has 1 aromatic carbocycles. The Morgan fingerprint density at radius 1 is 0.923 bits per heavy atom. The number of ether oxygens (including phenoxy) is 2. The van der Waals surface area contributed by atoms with E-state index in [2.05, 4.69) is 0 Å². The summed E-state index contributed by atoms with van der Waals surface area (Å²) in [6.45, 7) is 6.35. The summed E-state index contributed by atoms with van der Waals surface area (Å²) in [7, 11) is 0. The molecule has 26 heavy (non-hydrogen) atoms. The van der Waals surface area contributed by atoms with E-state index in [4.69, 9.17) is 9.47 Å². The van der Waals surface area contributed by atoms with Crippen LogP contribution in [0.25, 0.3) is 0 Å². The van der Waals surface area contributed by atoms with Crippen LogP contribution in [0.4, 0.5) is 0 Å². The maximum absolute atomic E-state index is 12.6. The van der Waals surface area contributed by atoms with Gasteiger partial charge in [-0.05, 0) is 26.3 Å². The maximum atomic E-state index is 12.6. The first kappa shape index (κ1) is 19.6. The number of nitrogens with zero attached hydrogens (tertiary/aromatic N) is 1. The number of carbonyl (C=O) groups excluding carboxylic acids is 2. The first-order valence-electron chi connectivity index (χ1n) is 8.90. The van der Waals surface area contributed by atoms with Crippen LogP contribution in [-0.2, 0) is 25.6 Å². The topological polar surface area (TPSA) is 56.5 Å². The molecule has 0 spiro atoms. The van der Waals surface area contributed by atoms with E-state index >= 15 is 0 Å². The second kappa shape index (κ2) is 9.70. The van der Waals surface area contributed by atoms with Gasteiger partial charge in [0.05, 0.1) is 19.1 Å². The molecule has 0 aliphatic carbocycles. The highest BCUT2D eigenvalue weighted by Crippen LogP contribution is 2.28. The van der Waals surface area contributed by atoms with Gasteiger partial charge in [-0.25, -0.2) is 4.57 Å². The second-order valence-corrected chi connectivity index (χ2v) is 6.07. The molecule has 5 nitrogen and oxygen atoms in total. The minimum Gasteiger partial charge on any atom is -0.465 e. The third kappa shape index (κ3) is 5.15. The number of rotatable bonds is 8. The van der Waals surface area contributed by atoms with Crippen LogP contribution in [0, 0.1) is 12.8 Å². The summed E-state index contributed by atoms with van der Waals surface area (Å²) >= 11 is 0. The second-order valence-electron chi connectivity index (χ2n) is 6.07. The Labute approximate surface area is 154 Å². The molecule has 0 aliphatic rings. The summed E-state index contributed by atoms with van der Waals surface area (Å²) in [4.78, 5) is 25.2. The number of hydrogen-bond acceptors (Lipinski definition) is 4. The van der Waals surface area contributed by atoms with Crippen LogP contribution in [0.5, 0.6) is 0 Å². The number of carbonyl (C=O) groups is 2. The largest absolute Gasteiger partial charge is 0.465 e. The lowest BCUT2D eigenvalue weighted by atomic mass is 9.85. The zero-order valence-corrected chi connectivity index (χ0v) is 15.6. The highest BCUT2D eigenvalue weighted by atomic mass is 16.6. The number of esters is 2. The maximum Gasteiger partial charge on any atom is 0.321 e. The molecule has 0 saturated heterocycles. The standard InChI is InChI=1S/C21H26NO4/c1-4-25-20(23)19(21(24)26-5-2)18(15-22-13-7-6-8-14-22)17-11-9-16(3)10-12-17/h6-14,18-19H,4-5,15H2,1-3H3/q+1. The lowest BCUT2D eigenvalue weighted by Gasteiger charge is -2.22. The minimum absolute atomic E-state index is 0.216. The first-order valence-corrected chi connectivity index (χ1v) is 8.90. The quantitative estimate of drug-likeness (QED) is 0.415. The summed E-state index contributed by atoms with van der Waals surface area (Å²) in [5, 5.41) is 0. The Bertz CT molecular complexity index is 695. The Balaban J connectivity index is 2.44. The van der Waals surface area contributed by atoms with Gasteiger partial charge in [-0.1, -0.05) is 35.9 Å². The lowest BCUT2D eigenvalue weighted by Crippen LogP contribution is -2.43. The molecule has 0 amide bonds. The molecule has 5 heteroatoms. The first-order chi connectivity index (χ1) is 12.6. The van der Waals surface area contributed by atoms with Crippen LogP contribution >= 0.6 is 0 Å². The van der Waals surface area contributed by atoms with E-state index in [1.165, 1.54) is 0 Å². The van der Waals surface area contributed by atoms with E-state index in [0.29, 0.717) is 6.54 Å². The summed E-state index contributed by atoms with van der Waals surface area (Å²) in [6, 6.07) is 13.6. The highest BCUT2D eigenvalue weighted by Gasteiger charge is 2.40. The normalized spacial score (nSPS) is 11.8.